The molecule has 0 aliphatic carbocycles. The zero-order chi connectivity index (χ0) is 26.2. The second-order valence-electron chi connectivity index (χ2n) is 8.41. The van der Waals surface area contributed by atoms with Crippen LogP contribution >= 0.6 is 0 Å². The van der Waals surface area contributed by atoms with Gasteiger partial charge in [-0.05, 0) is 12.1 Å². The summed E-state index contributed by atoms with van der Waals surface area (Å²) in [6.45, 7) is 2.34. The Morgan fingerprint density at radius 1 is 1.00 bits per heavy atom. The number of ether oxygens (including phenoxy) is 2. The predicted octanol–water partition coefficient (Wildman–Crippen LogP) is 4.24. The van der Waals surface area contributed by atoms with Crippen molar-refractivity contribution >= 4 is 32.0 Å². The number of esters is 1. The quantitative estimate of drug-likeness (QED) is 0.216. The molecule has 0 radical (unpaired) electrons. The summed E-state index contributed by atoms with van der Waals surface area (Å²) in [5, 5.41) is 9.84. The molecule has 4 aromatic rings. The Bertz CT molecular complexity index is 1350. The molecular weight excluding hydrogens is 533 g/mol. The van der Waals surface area contributed by atoms with E-state index < -0.39 is 32.4 Å². The van der Waals surface area contributed by atoms with E-state index >= 15 is 0 Å². The van der Waals surface area contributed by atoms with E-state index in [0.29, 0.717) is 36.7 Å². The fourth-order valence-electron chi connectivity index (χ4n) is 3.87. The van der Waals surface area contributed by atoms with Crippen LogP contribution in [0.1, 0.15) is 27.4 Å². The van der Waals surface area contributed by atoms with Gasteiger partial charge in [0.2, 0.25) is 0 Å². The van der Waals surface area contributed by atoms with Crippen LogP contribution in [-0.4, -0.2) is 51.5 Å². The van der Waals surface area contributed by atoms with Crippen molar-refractivity contribution in [3.63, 3.8) is 0 Å². The molecule has 0 bridgehead atoms. The van der Waals surface area contributed by atoms with Crippen LogP contribution in [0.15, 0.2) is 83.3 Å². The molecule has 3 aromatic carbocycles. The Hall–Kier alpha value is -3.83. The SMILES string of the molecule is COC(=O)c1ccccc1[AsH]C(Cc1ccc(OCCc2nc(-c3ccccc3)oc2C)cc1)C(=O)O. The number of hydrogen-bond donors (Lipinski definition) is 1. The number of carboxylic acid groups (broad SMARTS) is 1. The Morgan fingerprint density at radius 2 is 1.70 bits per heavy atom. The normalized spacial score (nSPS) is 11.9. The van der Waals surface area contributed by atoms with Crippen molar-refractivity contribution in [1.29, 1.82) is 0 Å². The van der Waals surface area contributed by atoms with Crippen LogP contribution in [0.5, 0.6) is 5.75 Å². The molecule has 4 rings (SSSR count). The third-order valence-corrected chi connectivity index (χ3v) is 9.09. The zero-order valence-electron chi connectivity index (χ0n) is 20.6. The standard InChI is InChI=1S/C29H28AsNO6/c1-19-26(31-27(37-19)21-8-4-3-5-9-21)16-17-36-22-14-12-20(13-15-22)18-25(28(32)33)30-24-11-7-6-10-23(24)29(34)35-2/h3-15,25,30H,16-18H2,1-2H3,(H,32,33). The fourth-order valence-corrected chi connectivity index (χ4v) is 6.75. The number of benzene rings is 3. The van der Waals surface area contributed by atoms with Crippen LogP contribution in [0.3, 0.4) is 0 Å². The molecule has 190 valence electrons. The van der Waals surface area contributed by atoms with Gasteiger partial charge < -0.3 is 0 Å². The Morgan fingerprint density at radius 3 is 2.41 bits per heavy atom. The molecule has 0 spiro atoms. The third kappa shape index (κ3) is 6.89. The van der Waals surface area contributed by atoms with E-state index in [2.05, 4.69) is 4.98 Å². The van der Waals surface area contributed by atoms with Gasteiger partial charge in [0.05, 0.1) is 0 Å². The molecule has 0 aliphatic heterocycles. The average molecular weight is 561 g/mol. The second-order valence-corrected chi connectivity index (χ2v) is 11.6. The Labute approximate surface area is 222 Å². The Kier molecular flexibility index (Phi) is 8.80. The summed E-state index contributed by atoms with van der Waals surface area (Å²) in [5.74, 6) is 0.768. The van der Waals surface area contributed by atoms with Crippen LogP contribution in [0, 0.1) is 6.92 Å². The van der Waals surface area contributed by atoms with Gasteiger partial charge in [0.15, 0.2) is 0 Å². The van der Waals surface area contributed by atoms with Crippen LogP contribution < -0.4 is 9.09 Å². The summed E-state index contributed by atoms with van der Waals surface area (Å²) < 4.78 is 16.8. The topological polar surface area (TPSA) is 98.9 Å². The average Bonchev–Trinajstić information content (AvgIpc) is 3.29. The summed E-state index contributed by atoms with van der Waals surface area (Å²) in [6, 6.07) is 24.3. The first kappa shape index (κ1) is 26.2. The molecule has 7 nitrogen and oxygen atoms in total. The number of rotatable bonds is 11. The van der Waals surface area contributed by atoms with Crippen molar-refractivity contribution in [2.45, 2.75) is 24.5 Å². The summed E-state index contributed by atoms with van der Waals surface area (Å²) in [6.07, 6.45) is 0.987. The second kappa shape index (κ2) is 12.4. The van der Waals surface area contributed by atoms with Gasteiger partial charge in [-0.1, -0.05) is 18.2 Å². The van der Waals surface area contributed by atoms with Crippen molar-refractivity contribution in [2.24, 2.45) is 0 Å². The van der Waals surface area contributed by atoms with Gasteiger partial charge in [-0.25, -0.2) is 0 Å². The molecule has 0 aliphatic rings. The number of carbonyl (C=O) groups is 2. The predicted molar refractivity (Wildman–Crippen MR) is 142 cm³/mol. The molecule has 2 atom stereocenters. The third-order valence-electron chi connectivity index (χ3n) is 5.84. The molecule has 2 unspecified atom stereocenters. The van der Waals surface area contributed by atoms with Gasteiger partial charge >= 0.3 is 187 Å². The van der Waals surface area contributed by atoms with Crippen molar-refractivity contribution in [1.82, 2.24) is 4.98 Å². The zero-order valence-corrected chi connectivity index (χ0v) is 22.7. The van der Waals surface area contributed by atoms with Crippen LogP contribution in [-0.2, 0) is 22.4 Å². The van der Waals surface area contributed by atoms with Crippen molar-refractivity contribution in [3.05, 3.63) is 101 Å². The molecule has 1 heterocycles. The van der Waals surface area contributed by atoms with Crippen LogP contribution in [0.4, 0.5) is 0 Å². The van der Waals surface area contributed by atoms with E-state index in [-0.39, 0.29) is 0 Å². The van der Waals surface area contributed by atoms with Gasteiger partial charge in [-0.15, -0.1) is 0 Å². The molecule has 1 N–H and O–H groups in total. The number of aliphatic carboxylic acids is 1. The van der Waals surface area contributed by atoms with Crippen molar-refractivity contribution < 1.29 is 28.6 Å². The van der Waals surface area contributed by atoms with Crippen molar-refractivity contribution in [2.75, 3.05) is 13.7 Å². The van der Waals surface area contributed by atoms with Gasteiger partial charge in [0.1, 0.15) is 0 Å². The summed E-state index contributed by atoms with van der Waals surface area (Å²) in [7, 11) is 1.33. The van der Waals surface area contributed by atoms with E-state index in [1.165, 1.54) is 7.11 Å². The summed E-state index contributed by atoms with van der Waals surface area (Å²) in [5.41, 5.74) is 3.14. The van der Waals surface area contributed by atoms with Gasteiger partial charge in [-0.2, -0.15) is 0 Å². The minimum absolute atomic E-state index is 0.380. The number of carboxylic acids is 1. The van der Waals surface area contributed by atoms with E-state index in [9.17, 15) is 14.7 Å². The molecule has 8 heteroatoms. The molecule has 37 heavy (non-hydrogen) atoms. The maximum absolute atomic E-state index is 12.1. The first-order valence-electron chi connectivity index (χ1n) is 11.8. The number of nitrogens with zero attached hydrogens (tertiary/aromatic N) is 1. The van der Waals surface area contributed by atoms with E-state index in [1.807, 2.05) is 73.7 Å². The van der Waals surface area contributed by atoms with Crippen LogP contribution in [0.25, 0.3) is 11.5 Å². The molecule has 0 amide bonds. The number of carbonyl (C=O) groups excluding carboxylic acids is 1. The van der Waals surface area contributed by atoms with Crippen molar-refractivity contribution in [3.8, 4) is 17.2 Å². The number of hydrogen-bond acceptors (Lipinski definition) is 6. The minimum atomic E-state index is -1.14. The maximum atomic E-state index is 12.1. The van der Waals surface area contributed by atoms with E-state index in [4.69, 9.17) is 13.9 Å². The monoisotopic (exact) mass is 561 g/mol. The Balaban J connectivity index is 1.34. The molecule has 0 saturated heterocycles. The number of oxazole rings is 1. The summed E-state index contributed by atoms with van der Waals surface area (Å²) >= 11 is -1.14. The molecule has 0 saturated carbocycles. The molecule has 1 aromatic heterocycles. The number of methoxy groups -OCH3 is 1. The number of aromatic nitrogens is 1. The first-order valence-corrected chi connectivity index (χ1v) is 14.1. The molecule has 0 fully saturated rings. The van der Waals surface area contributed by atoms with E-state index in [0.717, 1.165) is 26.9 Å². The van der Waals surface area contributed by atoms with Gasteiger partial charge in [0.25, 0.3) is 0 Å². The van der Waals surface area contributed by atoms with Crippen LogP contribution in [0.2, 0.25) is 4.71 Å². The first-order chi connectivity index (χ1) is 17.9. The van der Waals surface area contributed by atoms with Gasteiger partial charge in [-0.3, -0.25) is 0 Å². The van der Waals surface area contributed by atoms with Gasteiger partial charge in [0, 0.05) is 5.56 Å². The summed E-state index contributed by atoms with van der Waals surface area (Å²) in [4.78, 5) is 28.7. The molecular formula is C29H28AsNO6. The fraction of sp³-hybridized carbons (Fsp3) is 0.207. The number of aryl methyl sites for hydroxylation is 1. The van der Waals surface area contributed by atoms with E-state index in [1.54, 1.807) is 12.1 Å².